The van der Waals surface area contributed by atoms with Gasteiger partial charge in [0.15, 0.2) is 0 Å². The lowest BCUT2D eigenvalue weighted by atomic mass is 10.1. The number of nitrogens with zero attached hydrogens (tertiary/aromatic N) is 5. The van der Waals surface area contributed by atoms with E-state index in [-0.39, 0.29) is 11.8 Å². The fraction of sp³-hybridized carbons (Fsp3) is 0.455. The van der Waals surface area contributed by atoms with Crippen molar-refractivity contribution in [1.29, 1.82) is 0 Å². The van der Waals surface area contributed by atoms with E-state index in [0.29, 0.717) is 23.5 Å². The van der Waals surface area contributed by atoms with Crippen LogP contribution in [-0.2, 0) is 6.54 Å². The highest BCUT2D eigenvalue weighted by Crippen LogP contribution is 2.15. The molecule has 1 N–H and O–H groups in total. The predicted molar refractivity (Wildman–Crippen MR) is 117 cm³/mol. The molecule has 1 aliphatic heterocycles. The summed E-state index contributed by atoms with van der Waals surface area (Å²) in [5.41, 5.74) is 2.33. The summed E-state index contributed by atoms with van der Waals surface area (Å²) in [7, 11) is 3.35. The van der Waals surface area contributed by atoms with Gasteiger partial charge in [0.1, 0.15) is 11.5 Å². The molecule has 1 saturated heterocycles. The maximum atomic E-state index is 12.6. The van der Waals surface area contributed by atoms with Gasteiger partial charge in [-0.3, -0.25) is 9.59 Å². The number of pyridine rings is 2. The normalized spacial score (nSPS) is 14.5. The lowest BCUT2D eigenvalue weighted by Gasteiger charge is -2.34. The first kappa shape index (κ1) is 21.7. The number of rotatable bonds is 6. The van der Waals surface area contributed by atoms with Crippen LogP contribution in [0, 0.1) is 6.92 Å². The van der Waals surface area contributed by atoms with Crippen molar-refractivity contribution in [3.8, 4) is 0 Å². The fourth-order valence-electron chi connectivity index (χ4n) is 3.46. The summed E-state index contributed by atoms with van der Waals surface area (Å²) in [6, 6.07) is 7.19. The Labute approximate surface area is 177 Å². The Hall–Kier alpha value is -3.00. The standard InChI is InChI=1S/C22H30N6O2/c1-5-27-10-12-28(13-11-27)20-14-17(8-9-23-20)15-24-21(29)18-6-7-19(25-16(18)2)22(30)26(3)4/h6-9,14H,5,10-13,15H2,1-4H3,(H,24,29). The van der Waals surface area contributed by atoms with Gasteiger partial charge in [-0.25, -0.2) is 9.97 Å². The molecule has 8 nitrogen and oxygen atoms in total. The van der Waals surface area contributed by atoms with Crippen molar-refractivity contribution >= 4 is 17.6 Å². The van der Waals surface area contributed by atoms with Gasteiger partial charge in [-0.2, -0.15) is 0 Å². The predicted octanol–water partition coefficient (Wildman–Crippen LogP) is 1.56. The van der Waals surface area contributed by atoms with Gasteiger partial charge in [0.05, 0.1) is 11.3 Å². The number of anilines is 1. The molecule has 0 spiro atoms. The second-order valence-electron chi connectivity index (χ2n) is 7.66. The lowest BCUT2D eigenvalue weighted by Crippen LogP contribution is -2.46. The quantitative estimate of drug-likeness (QED) is 0.778. The number of hydrogen-bond donors (Lipinski definition) is 1. The van der Waals surface area contributed by atoms with Crippen molar-refractivity contribution in [1.82, 2.24) is 25.1 Å². The van der Waals surface area contributed by atoms with Crippen LogP contribution in [0.4, 0.5) is 5.82 Å². The summed E-state index contributed by atoms with van der Waals surface area (Å²) in [6.07, 6.45) is 1.79. The van der Waals surface area contributed by atoms with Gasteiger partial charge in [0, 0.05) is 53.0 Å². The van der Waals surface area contributed by atoms with Crippen molar-refractivity contribution in [3.63, 3.8) is 0 Å². The second-order valence-corrected chi connectivity index (χ2v) is 7.66. The van der Waals surface area contributed by atoms with Crippen molar-refractivity contribution < 1.29 is 9.59 Å². The molecule has 160 valence electrons. The van der Waals surface area contributed by atoms with Crippen LogP contribution in [-0.4, -0.2) is 78.4 Å². The highest BCUT2D eigenvalue weighted by atomic mass is 16.2. The van der Waals surface area contributed by atoms with E-state index >= 15 is 0 Å². The van der Waals surface area contributed by atoms with Crippen LogP contribution < -0.4 is 10.2 Å². The van der Waals surface area contributed by atoms with Crippen molar-refractivity contribution in [2.24, 2.45) is 0 Å². The smallest absolute Gasteiger partial charge is 0.271 e. The maximum Gasteiger partial charge on any atom is 0.271 e. The van der Waals surface area contributed by atoms with E-state index in [1.807, 2.05) is 12.1 Å². The Balaban J connectivity index is 1.62. The van der Waals surface area contributed by atoms with Gasteiger partial charge in [-0.1, -0.05) is 6.92 Å². The van der Waals surface area contributed by atoms with E-state index < -0.39 is 0 Å². The minimum absolute atomic E-state index is 0.186. The molecule has 0 radical (unpaired) electrons. The summed E-state index contributed by atoms with van der Waals surface area (Å²) in [5.74, 6) is 0.551. The van der Waals surface area contributed by atoms with Crippen molar-refractivity contribution in [3.05, 3.63) is 53.0 Å². The van der Waals surface area contributed by atoms with Crippen molar-refractivity contribution in [2.75, 3.05) is 51.7 Å². The Kier molecular flexibility index (Phi) is 6.99. The molecule has 2 aromatic heterocycles. The summed E-state index contributed by atoms with van der Waals surface area (Å²) in [5, 5.41) is 2.95. The molecule has 0 bridgehead atoms. The average molecular weight is 411 g/mol. The van der Waals surface area contributed by atoms with E-state index in [2.05, 4.69) is 32.0 Å². The van der Waals surface area contributed by atoms with Gasteiger partial charge in [-0.15, -0.1) is 0 Å². The Bertz CT molecular complexity index is 906. The molecule has 0 aliphatic carbocycles. The van der Waals surface area contributed by atoms with Gasteiger partial charge in [0.2, 0.25) is 0 Å². The molecule has 1 fully saturated rings. The number of piperazine rings is 1. The first-order valence-electron chi connectivity index (χ1n) is 10.3. The molecule has 1 aliphatic rings. The van der Waals surface area contributed by atoms with Crippen LogP contribution >= 0.6 is 0 Å². The van der Waals surface area contributed by atoms with E-state index in [1.165, 1.54) is 4.90 Å². The summed E-state index contributed by atoms with van der Waals surface area (Å²) < 4.78 is 0. The van der Waals surface area contributed by atoms with Crippen LogP contribution in [0.5, 0.6) is 0 Å². The van der Waals surface area contributed by atoms with Crippen molar-refractivity contribution in [2.45, 2.75) is 20.4 Å². The lowest BCUT2D eigenvalue weighted by molar-refractivity contribution is 0.0820. The van der Waals surface area contributed by atoms with Gasteiger partial charge in [-0.05, 0) is 43.3 Å². The Morgan fingerprint density at radius 3 is 2.50 bits per heavy atom. The number of likely N-dealkylation sites (N-methyl/N-ethyl adjacent to an activating group) is 1. The summed E-state index contributed by atoms with van der Waals surface area (Å²) in [4.78, 5) is 39.6. The third kappa shape index (κ3) is 5.13. The van der Waals surface area contributed by atoms with E-state index in [0.717, 1.165) is 44.1 Å². The molecular formula is C22H30N6O2. The SMILES string of the molecule is CCN1CCN(c2cc(CNC(=O)c3ccc(C(=O)N(C)C)nc3C)ccn2)CC1. The van der Waals surface area contributed by atoms with Crippen LogP contribution in [0.3, 0.4) is 0 Å². The summed E-state index contributed by atoms with van der Waals surface area (Å²) >= 11 is 0. The summed E-state index contributed by atoms with van der Waals surface area (Å²) in [6.45, 7) is 9.39. The van der Waals surface area contributed by atoms with Crippen LogP contribution in [0.15, 0.2) is 30.5 Å². The molecule has 3 rings (SSSR count). The number of aryl methyl sites for hydroxylation is 1. The van der Waals surface area contributed by atoms with Crippen LogP contribution in [0.25, 0.3) is 0 Å². The monoisotopic (exact) mass is 410 g/mol. The van der Waals surface area contributed by atoms with E-state index in [4.69, 9.17) is 0 Å². The zero-order valence-electron chi connectivity index (χ0n) is 18.2. The molecule has 3 heterocycles. The molecule has 0 saturated carbocycles. The van der Waals surface area contributed by atoms with Gasteiger partial charge in [0.25, 0.3) is 11.8 Å². The minimum Gasteiger partial charge on any atom is -0.354 e. The van der Waals surface area contributed by atoms with Gasteiger partial charge < -0.3 is 20.0 Å². The maximum absolute atomic E-state index is 12.6. The van der Waals surface area contributed by atoms with Crippen LogP contribution in [0.2, 0.25) is 0 Å². The molecule has 2 aromatic rings. The minimum atomic E-state index is -0.209. The number of carbonyl (C=O) groups is 2. The molecule has 8 heteroatoms. The third-order valence-corrected chi connectivity index (χ3v) is 5.36. The molecule has 0 aromatic carbocycles. The number of aromatic nitrogens is 2. The number of amides is 2. The largest absolute Gasteiger partial charge is 0.354 e. The zero-order valence-corrected chi connectivity index (χ0v) is 18.2. The average Bonchev–Trinajstić information content (AvgIpc) is 2.77. The van der Waals surface area contributed by atoms with Crippen LogP contribution in [0.1, 0.15) is 39.0 Å². The molecule has 30 heavy (non-hydrogen) atoms. The molecule has 0 unspecified atom stereocenters. The Morgan fingerprint density at radius 2 is 1.87 bits per heavy atom. The zero-order chi connectivity index (χ0) is 21.7. The number of hydrogen-bond acceptors (Lipinski definition) is 6. The first-order valence-corrected chi connectivity index (χ1v) is 10.3. The van der Waals surface area contributed by atoms with E-state index in [9.17, 15) is 9.59 Å². The fourth-order valence-corrected chi connectivity index (χ4v) is 3.46. The molecular weight excluding hydrogens is 380 g/mol. The third-order valence-electron chi connectivity index (χ3n) is 5.36. The van der Waals surface area contributed by atoms with Gasteiger partial charge >= 0.3 is 0 Å². The topological polar surface area (TPSA) is 81.7 Å². The number of nitrogens with one attached hydrogen (secondary N) is 1. The second kappa shape index (κ2) is 9.67. The first-order chi connectivity index (χ1) is 14.4. The molecule has 0 atom stereocenters. The highest BCUT2D eigenvalue weighted by Gasteiger charge is 2.18. The van der Waals surface area contributed by atoms with E-state index in [1.54, 1.807) is 39.3 Å². The highest BCUT2D eigenvalue weighted by molar-refractivity contribution is 5.97. The number of carbonyl (C=O) groups excluding carboxylic acids is 2. The Morgan fingerprint density at radius 1 is 1.13 bits per heavy atom. The molecule has 2 amide bonds.